The SMILES string of the molecule is CCN1C(=O)c2cc(C(=O)NC3CCCC3)nn2CC1(C)C(=O)NC1CCCC1. The first-order chi connectivity index (χ1) is 13.9. The van der Waals surface area contributed by atoms with E-state index in [1.807, 2.05) is 6.92 Å². The van der Waals surface area contributed by atoms with E-state index < -0.39 is 5.54 Å². The number of hydrogen-bond donors (Lipinski definition) is 2. The summed E-state index contributed by atoms with van der Waals surface area (Å²) in [5.74, 6) is -0.639. The van der Waals surface area contributed by atoms with E-state index in [9.17, 15) is 14.4 Å². The molecule has 158 valence electrons. The normalized spacial score (nSPS) is 25.3. The van der Waals surface area contributed by atoms with Gasteiger partial charge in [-0.15, -0.1) is 0 Å². The Morgan fingerprint density at radius 1 is 1.10 bits per heavy atom. The maximum absolute atomic E-state index is 13.1. The van der Waals surface area contributed by atoms with Crippen LogP contribution in [0.5, 0.6) is 0 Å². The van der Waals surface area contributed by atoms with Gasteiger partial charge in [0.15, 0.2) is 5.69 Å². The molecule has 0 bridgehead atoms. The molecular formula is C21H31N5O3. The van der Waals surface area contributed by atoms with Gasteiger partial charge in [-0.2, -0.15) is 5.10 Å². The molecule has 29 heavy (non-hydrogen) atoms. The van der Waals surface area contributed by atoms with Gasteiger partial charge in [0.25, 0.3) is 11.8 Å². The summed E-state index contributed by atoms with van der Waals surface area (Å²) in [5, 5.41) is 10.5. The number of likely N-dealkylation sites (N-methyl/N-ethyl adjacent to an activating group) is 1. The smallest absolute Gasteiger partial charge is 0.273 e. The molecule has 1 unspecified atom stereocenters. The van der Waals surface area contributed by atoms with Gasteiger partial charge < -0.3 is 15.5 Å². The fraction of sp³-hybridized carbons (Fsp3) is 0.714. The average molecular weight is 402 g/mol. The Kier molecular flexibility index (Phi) is 5.36. The molecule has 2 heterocycles. The van der Waals surface area contributed by atoms with Gasteiger partial charge in [-0.25, -0.2) is 0 Å². The highest BCUT2D eigenvalue weighted by atomic mass is 16.2. The molecule has 2 aliphatic carbocycles. The number of hydrogen-bond acceptors (Lipinski definition) is 4. The summed E-state index contributed by atoms with van der Waals surface area (Å²) in [4.78, 5) is 40.5. The molecule has 0 radical (unpaired) electrons. The maximum Gasteiger partial charge on any atom is 0.273 e. The van der Waals surface area contributed by atoms with Crippen molar-refractivity contribution >= 4 is 17.7 Å². The third kappa shape index (κ3) is 3.65. The minimum atomic E-state index is -1.02. The van der Waals surface area contributed by atoms with Crippen LogP contribution in [0.3, 0.4) is 0 Å². The van der Waals surface area contributed by atoms with Crippen LogP contribution in [0.2, 0.25) is 0 Å². The first-order valence-corrected chi connectivity index (χ1v) is 10.9. The van der Waals surface area contributed by atoms with Gasteiger partial charge in [0, 0.05) is 24.7 Å². The van der Waals surface area contributed by atoms with E-state index in [4.69, 9.17) is 0 Å². The van der Waals surface area contributed by atoms with Crippen LogP contribution in [0, 0.1) is 0 Å². The highest BCUT2D eigenvalue weighted by Gasteiger charge is 2.48. The van der Waals surface area contributed by atoms with Crippen molar-refractivity contribution in [2.45, 2.75) is 89.4 Å². The molecule has 0 aromatic carbocycles. The number of fused-ring (bicyclic) bond motifs is 1. The van der Waals surface area contributed by atoms with E-state index in [2.05, 4.69) is 15.7 Å². The lowest BCUT2D eigenvalue weighted by Crippen LogP contribution is -2.64. The first-order valence-electron chi connectivity index (χ1n) is 10.9. The molecule has 2 N–H and O–H groups in total. The van der Waals surface area contributed by atoms with E-state index in [0.717, 1.165) is 51.4 Å². The summed E-state index contributed by atoms with van der Waals surface area (Å²) < 4.78 is 1.53. The highest BCUT2D eigenvalue weighted by Crippen LogP contribution is 2.29. The monoisotopic (exact) mass is 401 g/mol. The number of nitrogens with zero attached hydrogens (tertiary/aromatic N) is 3. The molecule has 1 aromatic heterocycles. The van der Waals surface area contributed by atoms with Gasteiger partial charge in [0.2, 0.25) is 5.91 Å². The van der Waals surface area contributed by atoms with Gasteiger partial charge >= 0.3 is 0 Å². The third-order valence-electron chi connectivity index (χ3n) is 6.72. The van der Waals surface area contributed by atoms with Crippen LogP contribution in [0.1, 0.15) is 86.2 Å². The standard InChI is InChI=1S/C21H31N5O3/c1-3-25-19(28)17-12-16(18(27)22-14-8-4-5-9-14)24-26(17)13-21(25,2)20(29)23-15-10-6-7-11-15/h12,14-15H,3-11,13H2,1-2H3,(H,22,27)(H,23,29). The largest absolute Gasteiger partial charge is 0.351 e. The Hall–Kier alpha value is -2.38. The van der Waals surface area contributed by atoms with Crippen molar-refractivity contribution in [2.24, 2.45) is 0 Å². The Balaban J connectivity index is 1.55. The van der Waals surface area contributed by atoms with E-state index in [1.54, 1.807) is 17.9 Å². The van der Waals surface area contributed by atoms with Crippen molar-refractivity contribution in [3.05, 3.63) is 17.5 Å². The van der Waals surface area contributed by atoms with Crippen LogP contribution in [0.25, 0.3) is 0 Å². The molecule has 1 atom stereocenters. The predicted molar refractivity (Wildman–Crippen MR) is 107 cm³/mol. The van der Waals surface area contributed by atoms with Gasteiger partial charge in [0.1, 0.15) is 11.2 Å². The summed E-state index contributed by atoms with van der Waals surface area (Å²) in [6.07, 6.45) is 8.46. The number of carbonyl (C=O) groups excluding carboxylic acids is 3. The van der Waals surface area contributed by atoms with Crippen LogP contribution in [-0.2, 0) is 11.3 Å². The molecule has 8 nitrogen and oxygen atoms in total. The Labute approximate surface area is 171 Å². The summed E-state index contributed by atoms with van der Waals surface area (Å²) in [5.41, 5.74) is -0.404. The summed E-state index contributed by atoms with van der Waals surface area (Å²) in [6, 6.07) is 1.93. The zero-order valence-electron chi connectivity index (χ0n) is 17.4. The average Bonchev–Trinajstić information content (AvgIpc) is 3.43. The number of carbonyl (C=O) groups is 3. The molecule has 0 spiro atoms. The molecule has 3 amide bonds. The number of nitrogens with one attached hydrogen (secondary N) is 2. The number of aromatic nitrogens is 2. The minimum absolute atomic E-state index is 0.141. The van der Waals surface area contributed by atoms with Crippen LogP contribution in [-0.4, -0.2) is 56.6 Å². The van der Waals surface area contributed by atoms with Crippen molar-refractivity contribution < 1.29 is 14.4 Å². The van der Waals surface area contributed by atoms with E-state index in [1.165, 1.54) is 4.68 Å². The van der Waals surface area contributed by atoms with Crippen molar-refractivity contribution in [1.82, 2.24) is 25.3 Å². The molecule has 8 heteroatoms. The van der Waals surface area contributed by atoms with E-state index in [0.29, 0.717) is 12.2 Å². The van der Waals surface area contributed by atoms with Crippen molar-refractivity contribution in [3.8, 4) is 0 Å². The van der Waals surface area contributed by atoms with Gasteiger partial charge in [-0.05, 0) is 39.5 Å². The molecule has 3 aliphatic rings. The summed E-state index contributed by atoms with van der Waals surface area (Å²) >= 11 is 0. The quantitative estimate of drug-likeness (QED) is 0.787. The second-order valence-corrected chi connectivity index (χ2v) is 8.81. The highest BCUT2D eigenvalue weighted by molar-refractivity contribution is 6.02. The first kappa shape index (κ1) is 19.9. The second kappa shape index (κ2) is 7.80. The predicted octanol–water partition coefficient (Wildman–Crippen LogP) is 1.85. The van der Waals surface area contributed by atoms with Crippen molar-refractivity contribution in [1.29, 1.82) is 0 Å². The van der Waals surface area contributed by atoms with Crippen LogP contribution in [0.15, 0.2) is 6.07 Å². The molecule has 2 fully saturated rings. The number of rotatable bonds is 5. The zero-order chi connectivity index (χ0) is 20.6. The van der Waals surface area contributed by atoms with Crippen molar-refractivity contribution in [2.75, 3.05) is 6.54 Å². The number of amides is 3. The van der Waals surface area contributed by atoms with Crippen LogP contribution in [0.4, 0.5) is 0 Å². The second-order valence-electron chi connectivity index (χ2n) is 8.81. The van der Waals surface area contributed by atoms with Gasteiger partial charge in [0.05, 0.1) is 6.54 Å². The van der Waals surface area contributed by atoms with Crippen LogP contribution >= 0.6 is 0 Å². The van der Waals surface area contributed by atoms with Gasteiger partial charge in [-0.3, -0.25) is 19.1 Å². The molecule has 1 aliphatic heterocycles. The molecule has 0 saturated heterocycles. The molecule has 1 aromatic rings. The Bertz CT molecular complexity index is 807. The lowest BCUT2D eigenvalue weighted by atomic mass is 9.94. The minimum Gasteiger partial charge on any atom is -0.351 e. The topological polar surface area (TPSA) is 96.3 Å². The summed E-state index contributed by atoms with van der Waals surface area (Å²) in [6.45, 7) is 4.33. The lowest BCUT2D eigenvalue weighted by Gasteiger charge is -2.43. The zero-order valence-corrected chi connectivity index (χ0v) is 17.4. The summed E-state index contributed by atoms with van der Waals surface area (Å²) in [7, 11) is 0. The van der Waals surface area contributed by atoms with E-state index in [-0.39, 0.29) is 42.0 Å². The third-order valence-corrected chi connectivity index (χ3v) is 6.72. The Morgan fingerprint density at radius 2 is 1.69 bits per heavy atom. The molecule has 4 rings (SSSR count). The van der Waals surface area contributed by atoms with Crippen LogP contribution < -0.4 is 10.6 Å². The van der Waals surface area contributed by atoms with Crippen molar-refractivity contribution in [3.63, 3.8) is 0 Å². The Morgan fingerprint density at radius 3 is 2.28 bits per heavy atom. The fourth-order valence-electron chi connectivity index (χ4n) is 4.99. The fourth-order valence-corrected chi connectivity index (χ4v) is 4.99. The van der Waals surface area contributed by atoms with Gasteiger partial charge in [-0.1, -0.05) is 25.7 Å². The maximum atomic E-state index is 13.1. The molecular weight excluding hydrogens is 370 g/mol. The van der Waals surface area contributed by atoms with E-state index >= 15 is 0 Å². The molecule has 2 saturated carbocycles. The lowest BCUT2D eigenvalue weighted by molar-refractivity contribution is -0.133.